The lowest BCUT2D eigenvalue weighted by Crippen LogP contribution is -2.08. The van der Waals surface area contributed by atoms with Gasteiger partial charge in [-0.05, 0) is 18.1 Å². The molecule has 0 radical (unpaired) electrons. The van der Waals surface area contributed by atoms with Gasteiger partial charge in [0.2, 0.25) is 0 Å². The number of benzene rings is 1. The number of nitrogens with zero attached hydrogens (tertiary/aromatic N) is 2. The van der Waals surface area contributed by atoms with Crippen molar-refractivity contribution in [1.29, 1.82) is 0 Å². The molecular formula is C14H14N2O3. The van der Waals surface area contributed by atoms with E-state index >= 15 is 0 Å². The maximum absolute atomic E-state index is 11.1. The Hall–Kier alpha value is -2.43. The molecular weight excluding hydrogens is 244 g/mol. The summed E-state index contributed by atoms with van der Waals surface area (Å²) >= 11 is 0. The number of carboxylic acids is 1. The van der Waals surface area contributed by atoms with Gasteiger partial charge < -0.3 is 10.2 Å². The van der Waals surface area contributed by atoms with Gasteiger partial charge in [-0.2, -0.15) is 0 Å². The van der Waals surface area contributed by atoms with E-state index in [0.717, 1.165) is 0 Å². The van der Waals surface area contributed by atoms with Crippen LogP contribution >= 0.6 is 0 Å². The van der Waals surface area contributed by atoms with E-state index in [1.54, 1.807) is 24.3 Å². The number of carbonyl (C=O) groups is 1. The van der Waals surface area contributed by atoms with Gasteiger partial charge in [0.1, 0.15) is 5.75 Å². The summed E-state index contributed by atoms with van der Waals surface area (Å²) in [5.74, 6) is -0.532. The molecule has 2 rings (SSSR count). The summed E-state index contributed by atoms with van der Waals surface area (Å²) < 4.78 is 0. The van der Waals surface area contributed by atoms with E-state index in [4.69, 9.17) is 5.11 Å². The van der Waals surface area contributed by atoms with Crippen molar-refractivity contribution in [3.63, 3.8) is 0 Å². The largest absolute Gasteiger partial charge is 0.508 e. The van der Waals surface area contributed by atoms with E-state index in [-0.39, 0.29) is 17.2 Å². The second-order valence-electron chi connectivity index (χ2n) is 4.50. The third kappa shape index (κ3) is 2.70. The predicted octanol–water partition coefficient (Wildman–Crippen LogP) is 2.67. The first-order valence-electron chi connectivity index (χ1n) is 5.88. The molecule has 5 heteroatoms. The maximum Gasteiger partial charge on any atom is 0.339 e. The van der Waals surface area contributed by atoms with Crippen molar-refractivity contribution < 1.29 is 15.0 Å². The number of aromatic hydroxyl groups is 1. The van der Waals surface area contributed by atoms with Crippen LogP contribution < -0.4 is 0 Å². The normalized spacial score (nSPS) is 10.7. The summed E-state index contributed by atoms with van der Waals surface area (Å²) in [5, 5.41) is 18.5. The molecule has 0 amide bonds. The molecule has 1 aromatic carbocycles. The standard InChI is InChI=1S/C14H14N2O3/c1-8(2)12-11(14(18)19)7-15-13(16-12)9-4-3-5-10(17)6-9/h3-8,17H,1-2H3,(H,18,19). The second kappa shape index (κ2) is 5.06. The number of phenolic OH excluding ortho intramolecular Hbond substituents is 1. The van der Waals surface area contributed by atoms with Gasteiger partial charge in [-0.25, -0.2) is 14.8 Å². The molecule has 0 spiro atoms. The Kier molecular flexibility index (Phi) is 3.46. The van der Waals surface area contributed by atoms with Gasteiger partial charge in [0.05, 0.1) is 11.3 Å². The lowest BCUT2D eigenvalue weighted by molar-refractivity contribution is 0.0694. The molecule has 2 N–H and O–H groups in total. The van der Waals surface area contributed by atoms with Gasteiger partial charge in [-0.1, -0.05) is 26.0 Å². The molecule has 19 heavy (non-hydrogen) atoms. The first-order chi connectivity index (χ1) is 8.99. The Morgan fingerprint density at radius 2 is 2.05 bits per heavy atom. The van der Waals surface area contributed by atoms with Crippen molar-refractivity contribution >= 4 is 5.97 Å². The highest BCUT2D eigenvalue weighted by Crippen LogP contribution is 2.23. The second-order valence-corrected chi connectivity index (χ2v) is 4.50. The van der Waals surface area contributed by atoms with E-state index in [2.05, 4.69) is 9.97 Å². The summed E-state index contributed by atoms with van der Waals surface area (Å²) in [6, 6.07) is 6.55. The van der Waals surface area contributed by atoms with Crippen LogP contribution in [0.3, 0.4) is 0 Å². The lowest BCUT2D eigenvalue weighted by Gasteiger charge is -2.10. The van der Waals surface area contributed by atoms with Gasteiger partial charge in [0.15, 0.2) is 5.82 Å². The van der Waals surface area contributed by atoms with Crippen molar-refractivity contribution in [3.8, 4) is 17.1 Å². The molecule has 98 valence electrons. The van der Waals surface area contributed by atoms with Crippen molar-refractivity contribution in [1.82, 2.24) is 9.97 Å². The number of hydrogen-bond donors (Lipinski definition) is 2. The number of phenols is 1. The third-order valence-corrected chi connectivity index (χ3v) is 2.70. The fourth-order valence-corrected chi connectivity index (χ4v) is 1.78. The van der Waals surface area contributed by atoms with Crippen LogP contribution in [-0.2, 0) is 0 Å². The molecule has 0 saturated carbocycles. The van der Waals surface area contributed by atoms with Crippen LogP contribution in [0.25, 0.3) is 11.4 Å². The van der Waals surface area contributed by atoms with Crippen LogP contribution in [0.4, 0.5) is 0 Å². The van der Waals surface area contributed by atoms with E-state index in [1.165, 1.54) is 6.20 Å². The third-order valence-electron chi connectivity index (χ3n) is 2.70. The Balaban J connectivity index is 2.55. The lowest BCUT2D eigenvalue weighted by atomic mass is 10.0. The molecule has 0 aliphatic heterocycles. The highest BCUT2D eigenvalue weighted by Gasteiger charge is 2.16. The highest BCUT2D eigenvalue weighted by atomic mass is 16.4. The minimum atomic E-state index is -1.04. The zero-order chi connectivity index (χ0) is 14.0. The number of aromatic nitrogens is 2. The summed E-state index contributed by atoms with van der Waals surface area (Å²) in [5.41, 5.74) is 1.25. The van der Waals surface area contributed by atoms with Gasteiger partial charge in [-0.3, -0.25) is 0 Å². The smallest absolute Gasteiger partial charge is 0.339 e. The number of hydrogen-bond acceptors (Lipinski definition) is 4. The van der Waals surface area contributed by atoms with Crippen LogP contribution in [0.5, 0.6) is 5.75 Å². The Bertz CT molecular complexity index is 624. The zero-order valence-electron chi connectivity index (χ0n) is 10.7. The molecule has 2 aromatic rings. The molecule has 0 aliphatic carbocycles. The van der Waals surface area contributed by atoms with Crippen molar-refractivity contribution in [2.45, 2.75) is 19.8 Å². The van der Waals surface area contributed by atoms with Gasteiger partial charge in [-0.15, -0.1) is 0 Å². The quantitative estimate of drug-likeness (QED) is 0.884. The molecule has 0 bridgehead atoms. The average molecular weight is 258 g/mol. The van der Waals surface area contributed by atoms with Crippen molar-refractivity contribution in [3.05, 3.63) is 41.7 Å². The molecule has 0 atom stereocenters. The van der Waals surface area contributed by atoms with Crippen LogP contribution in [0.15, 0.2) is 30.5 Å². The Labute approximate surface area is 110 Å². The fraction of sp³-hybridized carbons (Fsp3) is 0.214. The average Bonchev–Trinajstić information content (AvgIpc) is 2.37. The summed E-state index contributed by atoms with van der Waals surface area (Å²) in [6.07, 6.45) is 1.31. The topological polar surface area (TPSA) is 83.3 Å². The van der Waals surface area contributed by atoms with E-state index in [9.17, 15) is 9.90 Å². The van der Waals surface area contributed by atoms with Crippen LogP contribution in [0.2, 0.25) is 0 Å². The zero-order valence-corrected chi connectivity index (χ0v) is 10.7. The van der Waals surface area contributed by atoms with Crippen LogP contribution in [0.1, 0.15) is 35.8 Å². The van der Waals surface area contributed by atoms with Gasteiger partial charge in [0.25, 0.3) is 0 Å². The molecule has 0 aliphatic rings. The number of carboxylic acid groups (broad SMARTS) is 1. The highest BCUT2D eigenvalue weighted by molar-refractivity contribution is 5.88. The summed E-state index contributed by atoms with van der Waals surface area (Å²) in [4.78, 5) is 19.5. The molecule has 0 unspecified atom stereocenters. The first kappa shape index (κ1) is 13.0. The maximum atomic E-state index is 11.1. The SMILES string of the molecule is CC(C)c1nc(-c2cccc(O)c2)ncc1C(=O)O. The summed E-state index contributed by atoms with van der Waals surface area (Å²) in [6.45, 7) is 3.75. The molecule has 1 aromatic heterocycles. The molecule has 5 nitrogen and oxygen atoms in total. The Morgan fingerprint density at radius 1 is 1.32 bits per heavy atom. The van der Waals surface area contributed by atoms with E-state index in [1.807, 2.05) is 13.8 Å². The Morgan fingerprint density at radius 3 is 2.63 bits per heavy atom. The molecule has 1 heterocycles. The summed E-state index contributed by atoms with van der Waals surface area (Å²) in [7, 11) is 0. The van der Waals surface area contributed by atoms with Gasteiger partial charge in [0, 0.05) is 11.8 Å². The van der Waals surface area contributed by atoms with Crippen LogP contribution in [0, 0.1) is 0 Å². The van der Waals surface area contributed by atoms with Crippen molar-refractivity contribution in [2.24, 2.45) is 0 Å². The minimum Gasteiger partial charge on any atom is -0.508 e. The van der Waals surface area contributed by atoms with Crippen LogP contribution in [-0.4, -0.2) is 26.2 Å². The predicted molar refractivity (Wildman–Crippen MR) is 70.2 cm³/mol. The molecule has 0 fully saturated rings. The van der Waals surface area contributed by atoms with E-state index in [0.29, 0.717) is 17.1 Å². The fourth-order valence-electron chi connectivity index (χ4n) is 1.78. The van der Waals surface area contributed by atoms with Crippen molar-refractivity contribution in [2.75, 3.05) is 0 Å². The van der Waals surface area contributed by atoms with E-state index < -0.39 is 5.97 Å². The van der Waals surface area contributed by atoms with Gasteiger partial charge >= 0.3 is 5.97 Å². The number of rotatable bonds is 3. The number of aromatic carboxylic acids is 1. The molecule has 0 saturated heterocycles. The minimum absolute atomic E-state index is 0.0230. The monoisotopic (exact) mass is 258 g/mol. The first-order valence-corrected chi connectivity index (χ1v) is 5.88.